The Labute approximate surface area is 204 Å². The number of aromatic hydroxyl groups is 2. The molecule has 1 aliphatic carbocycles. The first kappa shape index (κ1) is 26.0. The lowest BCUT2D eigenvalue weighted by Crippen LogP contribution is -2.40. The summed E-state index contributed by atoms with van der Waals surface area (Å²) < 4.78 is 0. The van der Waals surface area contributed by atoms with Gasteiger partial charge in [0.05, 0.1) is 0 Å². The van der Waals surface area contributed by atoms with Crippen LogP contribution < -0.4 is 11.1 Å². The quantitative estimate of drug-likeness (QED) is 0.247. The number of nitrogens with two attached hydrogens (primary N) is 1. The number of phenols is 2. The Bertz CT molecular complexity index is 914. The molecule has 0 radical (unpaired) electrons. The maximum atomic E-state index is 11.1. The summed E-state index contributed by atoms with van der Waals surface area (Å²) in [6.07, 6.45) is 9.82. The van der Waals surface area contributed by atoms with Crippen LogP contribution in [0, 0.1) is 0 Å². The van der Waals surface area contributed by atoms with Gasteiger partial charge in [-0.05, 0) is 100 Å². The van der Waals surface area contributed by atoms with Gasteiger partial charge in [-0.25, -0.2) is 0 Å². The summed E-state index contributed by atoms with van der Waals surface area (Å²) >= 11 is 0. The fourth-order valence-corrected chi connectivity index (χ4v) is 4.99. The molecule has 1 amide bonds. The van der Waals surface area contributed by atoms with Crippen molar-refractivity contribution in [3.63, 3.8) is 0 Å². The van der Waals surface area contributed by atoms with Crippen molar-refractivity contribution in [1.82, 2.24) is 10.2 Å². The molecule has 0 unspecified atom stereocenters. The van der Waals surface area contributed by atoms with E-state index in [2.05, 4.69) is 17.1 Å². The van der Waals surface area contributed by atoms with Crippen molar-refractivity contribution in [3.8, 4) is 11.5 Å². The maximum absolute atomic E-state index is 11.1. The molecule has 2 aromatic carbocycles. The van der Waals surface area contributed by atoms with Crippen molar-refractivity contribution in [2.24, 2.45) is 5.73 Å². The molecule has 0 saturated carbocycles. The van der Waals surface area contributed by atoms with Crippen LogP contribution in [-0.2, 0) is 19.3 Å². The van der Waals surface area contributed by atoms with Crippen molar-refractivity contribution in [1.29, 1.82) is 0 Å². The van der Waals surface area contributed by atoms with E-state index < -0.39 is 0 Å². The second kappa shape index (κ2) is 13.4. The number of nitrogens with one attached hydrogen (secondary N) is 1. The smallest absolute Gasteiger partial charge is 0.248 e. The van der Waals surface area contributed by atoms with Gasteiger partial charge in [-0.1, -0.05) is 38.0 Å². The number of rotatable bonds is 14. The zero-order valence-electron chi connectivity index (χ0n) is 20.6. The highest BCUT2D eigenvalue weighted by Gasteiger charge is 2.26. The fourth-order valence-electron chi connectivity index (χ4n) is 4.99. The highest BCUT2D eigenvalue weighted by Crippen LogP contribution is 2.36. The van der Waals surface area contributed by atoms with Crippen molar-refractivity contribution >= 4 is 5.91 Å². The van der Waals surface area contributed by atoms with Gasteiger partial charge >= 0.3 is 0 Å². The zero-order valence-corrected chi connectivity index (χ0v) is 20.6. The number of nitrogens with zero attached hydrogens (tertiary/aromatic N) is 1. The molecule has 1 atom stereocenters. The number of fused-ring (bicyclic) bond motifs is 1. The van der Waals surface area contributed by atoms with Gasteiger partial charge in [0.15, 0.2) is 11.5 Å². The van der Waals surface area contributed by atoms with Crippen LogP contribution in [0.3, 0.4) is 0 Å². The Kier molecular flexibility index (Phi) is 10.2. The van der Waals surface area contributed by atoms with Gasteiger partial charge in [0, 0.05) is 17.2 Å². The largest absolute Gasteiger partial charge is 0.504 e. The van der Waals surface area contributed by atoms with E-state index >= 15 is 0 Å². The summed E-state index contributed by atoms with van der Waals surface area (Å²) in [6, 6.07) is 11.6. The van der Waals surface area contributed by atoms with Crippen molar-refractivity contribution in [3.05, 3.63) is 58.7 Å². The molecule has 0 fully saturated rings. The first-order valence-corrected chi connectivity index (χ1v) is 12.9. The SMILES string of the molecule is CCCN(CCCCCCNCCc1ccc(C(N)=O)cc1)[C@H]1CCc2c(ccc(O)c2O)C1. The number of carbonyl (C=O) groups is 1. The Morgan fingerprint density at radius 3 is 2.53 bits per heavy atom. The van der Waals surface area contributed by atoms with E-state index in [0.717, 1.165) is 63.8 Å². The van der Waals surface area contributed by atoms with E-state index in [1.165, 1.54) is 36.8 Å². The van der Waals surface area contributed by atoms with Gasteiger partial charge in [-0.3, -0.25) is 4.79 Å². The third-order valence-corrected chi connectivity index (χ3v) is 6.95. The summed E-state index contributed by atoms with van der Waals surface area (Å²) in [5.74, 6) is -0.309. The summed E-state index contributed by atoms with van der Waals surface area (Å²) in [4.78, 5) is 13.8. The third kappa shape index (κ3) is 7.47. The highest BCUT2D eigenvalue weighted by atomic mass is 16.3. The van der Waals surface area contributed by atoms with Crippen LogP contribution >= 0.6 is 0 Å². The molecule has 3 rings (SSSR count). The van der Waals surface area contributed by atoms with Gasteiger partial charge in [-0.15, -0.1) is 0 Å². The number of carbonyl (C=O) groups excluding carboxylic acids is 1. The average Bonchev–Trinajstić information content (AvgIpc) is 2.84. The molecule has 0 bridgehead atoms. The lowest BCUT2D eigenvalue weighted by molar-refractivity contribution is 0.100. The minimum Gasteiger partial charge on any atom is -0.504 e. The fraction of sp³-hybridized carbons (Fsp3) is 0.536. The van der Waals surface area contributed by atoms with Gasteiger partial charge in [0.25, 0.3) is 0 Å². The molecule has 6 heteroatoms. The lowest BCUT2D eigenvalue weighted by Gasteiger charge is -2.35. The number of hydrogen-bond acceptors (Lipinski definition) is 5. The van der Waals surface area contributed by atoms with Gasteiger partial charge < -0.3 is 26.2 Å². The van der Waals surface area contributed by atoms with Crippen LogP contribution in [0.1, 0.15) is 72.5 Å². The Hall–Kier alpha value is -2.57. The number of amides is 1. The summed E-state index contributed by atoms with van der Waals surface area (Å²) in [5.41, 5.74) is 9.17. The molecule has 186 valence electrons. The number of benzene rings is 2. The monoisotopic (exact) mass is 467 g/mol. The molecule has 34 heavy (non-hydrogen) atoms. The van der Waals surface area contributed by atoms with Crippen LogP contribution in [0.2, 0.25) is 0 Å². The summed E-state index contributed by atoms with van der Waals surface area (Å²) in [7, 11) is 0. The van der Waals surface area contributed by atoms with E-state index in [9.17, 15) is 15.0 Å². The molecular weight excluding hydrogens is 426 g/mol. The Morgan fingerprint density at radius 2 is 1.79 bits per heavy atom. The molecular formula is C28H41N3O3. The maximum Gasteiger partial charge on any atom is 0.248 e. The second-order valence-electron chi connectivity index (χ2n) is 9.48. The Balaban J connectivity index is 1.29. The van der Waals surface area contributed by atoms with Crippen LogP contribution in [0.25, 0.3) is 0 Å². The third-order valence-electron chi connectivity index (χ3n) is 6.95. The standard InChI is InChI=1S/C28H41N3O3/c1-2-18-31(24-12-13-25-23(20-24)11-14-26(32)27(25)33)19-6-4-3-5-16-30-17-15-21-7-9-22(10-8-21)28(29)34/h7-11,14,24,30,32-33H,2-6,12-13,15-20H2,1H3,(H2,29,34)/t24-/m0/s1. The summed E-state index contributed by atoms with van der Waals surface area (Å²) in [5, 5.41) is 23.4. The first-order chi connectivity index (χ1) is 16.5. The topological polar surface area (TPSA) is 98.8 Å². The second-order valence-corrected chi connectivity index (χ2v) is 9.48. The molecule has 0 saturated heterocycles. The number of unbranched alkanes of at least 4 members (excludes halogenated alkanes) is 3. The van der Waals surface area contributed by atoms with Crippen LogP contribution in [-0.4, -0.2) is 53.2 Å². The minimum atomic E-state index is -0.381. The van der Waals surface area contributed by atoms with Crippen molar-refractivity contribution in [2.45, 2.75) is 70.8 Å². The lowest BCUT2D eigenvalue weighted by atomic mass is 9.86. The molecule has 0 heterocycles. The molecule has 0 spiro atoms. The van der Waals surface area contributed by atoms with E-state index in [1.807, 2.05) is 18.2 Å². The van der Waals surface area contributed by atoms with Crippen molar-refractivity contribution in [2.75, 3.05) is 26.2 Å². The molecule has 2 aromatic rings. The Morgan fingerprint density at radius 1 is 1.03 bits per heavy atom. The number of phenolic OH excluding ortho intramolecular Hbond substituents is 2. The van der Waals surface area contributed by atoms with E-state index in [0.29, 0.717) is 11.6 Å². The number of primary amides is 1. The predicted molar refractivity (Wildman–Crippen MR) is 137 cm³/mol. The molecule has 6 nitrogen and oxygen atoms in total. The average molecular weight is 468 g/mol. The summed E-state index contributed by atoms with van der Waals surface area (Å²) in [6.45, 7) is 6.47. The van der Waals surface area contributed by atoms with Gasteiger partial charge in [-0.2, -0.15) is 0 Å². The van der Waals surface area contributed by atoms with Crippen LogP contribution in [0.4, 0.5) is 0 Å². The van der Waals surface area contributed by atoms with Crippen LogP contribution in [0.5, 0.6) is 11.5 Å². The van der Waals surface area contributed by atoms with Crippen LogP contribution in [0.15, 0.2) is 36.4 Å². The molecule has 0 aromatic heterocycles. The normalized spacial score (nSPS) is 15.4. The van der Waals surface area contributed by atoms with Crippen molar-refractivity contribution < 1.29 is 15.0 Å². The van der Waals surface area contributed by atoms with Gasteiger partial charge in [0.1, 0.15) is 0 Å². The molecule has 1 aliphatic rings. The predicted octanol–water partition coefficient (Wildman–Crippen LogP) is 4.16. The highest BCUT2D eigenvalue weighted by molar-refractivity contribution is 5.92. The molecule has 5 N–H and O–H groups in total. The zero-order chi connectivity index (χ0) is 24.3. The van der Waals surface area contributed by atoms with E-state index in [1.54, 1.807) is 18.2 Å². The van der Waals surface area contributed by atoms with Gasteiger partial charge in [0.2, 0.25) is 5.91 Å². The number of hydrogen-bond donors (Lipinski definition) is 4. The minimum absolute atomic E-state index is 0.00374. The molecule has 0 aliphatic heterocycles. The van der Waals surface area contributed by atoms with E-state index in [-0.39, 0.29) is 17.4 Å². The first-order valence-electron chi connectivity index (χ1n) is 12.9. The van der Waals surface area contributed by atoms with E-state index in [4.69, 9.17) is 5.73 Å².